The van der Waals surface area contributed by atoms with E-state index in [-0.39, 0.29) is 5.91 Å². The number of benzene rings is 2. The maximum Gasteiger partial charge on any atom is 0.257 e. The van der Waals surface area contributed by atoms with Gasteiger partial charge in [0.15, 0.2) is 0 Å². The molecule has 0 aliphatic carbocycles. The highest BCUT2D eigenvalue weighted by atomic mass is 127. The molecule has 0 saturated heterocycles. The second kappa shape index (κ2) is 5.99. The van der Waals surface area contributed by atoms with Crippen molar-refractivity contribution in [2.45, 2.75) is 0 Å². The Morgan fingerprint density at radius 1 is 1.14 bits per heavy atom. The van der Waals surface area contributed by atoms with Crippen molar-refractivity contribution in [2.24, 2.45) is 0 Å². The van der Waals surface area contributed by atoms with Gasteiger partial charge in [-0.05, 0) is 52.9 Å². The Bertz CT molecular complexity index is 830. The van der Waals surface area contributed by atoms with Gasteiger partial charge in [-0.25, -0.2) is 0 Å². The number of hydrogen-bond donors (Lipinski definition) is 1. The monoisotopic (exact) mass is 408 g/mol. The van der Waals surface area contributed by atoms with E-state index in [2.05, 4.69) is 32.9 Å². The van der Waals surface area contributed by atoms with E-state index in [1.165, 1.54) is 0 Å². The lowest BCUT2D eigenvalue weighted by Gasteiger charge is -2.09. The molecule has 0 saturated carbocycles. The van der Waals surface area contributed by atoms with Crippen LogP contribution in [0.1, 0.15) is 10.4 Å². The fourth-order valence-electron chi connectivity index (χ4n) is 2.07. The Morgan fingerprint density at radius 3 is 2.81 bits per heavy atom. The topological polar surface area (TPSA) is 42.0 Å². The van der Waals surface area contributed by atoms with Crippen LogP contribution in [0.25, 0.3) is 10.9 Å². The van der Waals surface area contributed by atoms with E-state index in [4.69, 9.17) is 11.6 Å². The Labute approximate surface area is 140 Å². The number of anilines is 1. The highest BCUT2D eigenvalue weighted by Crippen LogP contribution is 2.24. The molecule has 1 aromatic heterocycles. The van der Waals surface area contributed by atoms with Gasteiger partial charge >= 0.3 is 0 Å². The van der Waals surface area contributed by atoms with Crippen LogP contribution < -0.4 is 5.32 Å². The van der Waals surface area contributed by atoms with Gasteiger partial charge in [0.1, 0.15) is 0 Å². The maximum atomic E-state index is 12.4. The van der Waals surface area contributed by atoms with E-state index in [1.54, 1.807) is 18.3 Å². The van der Waals surface area contributed by atoms with Crippen molar-refractivity contribution in [2.75, 3.05) is 5.32 Å². The van der Waals surface area contributed by atoms with Crippen LogP contribution >= 0.6 is 34.2 Å². The first-order valence-electron chi connectivity index (χ1n) is 6.25. The first kappa shape index (κ1) is 14.3. The van der Waals surface area contributed by atoms with Crippen molar-refractivity contribution in [3.8, 4) is 0 Å². The summed E-state index contributed by atoms with van der Waals surface area (Å²) in [7, 11) is 0. The van der Waals surface area contributed by atoms with Crippen molar-refractivity contribution < 1.29 is 4.79 Å². The molecule has 1 N–H and O–H groups in total. The quantitative estimate of drug-likeness (QED) is 0.622. The number of halogens is 2. The van der Waals surface area contributed by atoms with Gasteiger partial charge in [-0.15, -0.1) is 0 Å². The van der Waals surface area contributed by atoms with Crippen molar-refractivity contribution in [3.05, 3.63) is 68.9 Å². The lowest BCUT2D eigenvalue weighted by atomic mass is 10.1. The average Bonchev–Trinajstić information content (AvgIpc) is 2.50. The molecule has 0 atom stereocenters. The summed E-state index contributed by atoms with van der Waals surface area (Å²) in [5.74, 6) is -0.239. The average molecular weight is 409 g/mol. The Hall–Kier alpha value is -1.66. The van der Waals surface area contributed by atoms with E-state index < -0.39 is 0 Å². The molecule has 2 aromatic carbocycles. The summed E-state index contributed by atoms with van der Waals surface area (Å²) in [6.45, 7) is 0. The number of nitrogens with one attached hydrogen (secondary N) is 1. The summed E-state index contributed by atoms with van der Waals surface area (Å²) in [4.78, 5) is 16.7. The van der Waals surface area contributed by atoms with Crippen LogP contribution in [-0.2, 0) is 0 Å². The van der Waals surface area contributed by atoms with Crippen LogP contribution in [0.15, 0.2) is 54.7 Å². The maximum absolute atomic E-state index is 12.4. The third kappa shape index (κ3) is 3.01. The van der Waals surface area contributed by atoms with Crippen LogP contribution in [0.4, 0.5) is 5.69 Å². The number of aromatic nitrogens is 1. The molecule has 1 amide bonds. The van der Waals surface area contributed by atoms with Gasteiger partial charge in [-0.1, -0.05) is 29.8 Å². The number of para-hydroxylation sites is 1. The van der Waals surface area contributed by atoms with E-state index in [0.717, 1.165) is 14.5 Å². The minimum absolute atomic E-state index is 0.239. The van der Waals surface area contributed by atoms with Crippen LogP contribution in [-0.4, -0.2) is 10.9 Å². The number of amides is 1. The van der Waals surface area contributed by atoms with Gasteiger partial charge in [0.05, 0.1) is 21.8 Å². The van der Waals surface area contributed by atoms with Crippen molar-refractivity contribution >= 4 is 56.7 Å². The van der Waals surface area contributed by atoms with Crippen molar-refractivity contribution in [3.63, 3.8) is 0 Å². The van der Waals surface area contributed by atoms with Crippen LogP contribution in [0, 0.1) is 3.57 Å². The zero-order valence-electron chi connectivity index (χ0n) is 10.8. The van der Waals surface area contributed by atoms with E-state index in [1.807, 2.05) is 36.4 Å². The van der Waals surface area contributed by atoms with Gasteiger partial charge in [-0.2, -0.15) is 0 Å². The van der Waals surface area contributed by atoms with E-state index >= 15 is 0 Å². The van der Waals surface area contributed by atoms with Crippen molar-refractivity contribution in [1.29, 1.82) is 0 Å². The number of carbonyl (C=O) groups excluding carboxylic acids is 1. The highest BCUT2D eigenvalue weighted by Gasteiger charge is 2.12. The largest absolute Gasteiger partial charge is 0.320 e. The fraction of sp³-hybridized carbons (Fsp3) is 0. The smallest absolute Gasteiger partial charge is 0.257 e. The SMILES string of the molecule is O=C(Nc1cccc2cccnc12)c1cc(I)ccc1Cl. The molecule has 3 rings (SSSR count). The Morgan fingerprint density at radius 2 is 1.95 bits per heavy atom. The number of pyridine rings is 1. The highest BCUT2D eigenvalue weighted by molar-refractivity contribution is 14.1. The normalized spacial score (nSPS) is 10.6. The number of carbonyl (C=O) groups is 1. The molecule has 0 bridgehead atoms. The van der Waals surface area contributed by atoms with Crippen LogP contribution in [0.3, 0.4) is 0 Å². The molecule has 0 aliphatic rings. The molecule has 1 heterocycles. The zero-order valence-corrected chi connectivity index (χ0v) is 13.7. The number of rotatable bonds is 2. The minimum Gasteiger partial charge on any atom is -0.320 e. The summed E-state index contributed by atoms with van der Waals surface area (Å²) < 4.78 is 0.957. The van der Waals surface area contributed by atoms with E-state index in [0.29, 0.717) is 16.3 Å². The van der Waals surface area contributed by atoms with Gasteiger partial charge < -0.3 is 5.32 Å². The number of hydrogen-bond acceptors (Lipinski definition) is 2. The van der Waals surface area contributed by atoms with Crippen LogP contribution in [0.2, 0.25) is 5.02 Å². The zero-order chi connectivity index (χ0) is 14.8. The molecule has 0 fully saturated rings. The molecular weight excluding hydrogens is 399 g/mol. The molecular formula is C16H10ClIN2O. The lowest BCUT2D eigenvalue weighted by Crippen LogP contribution is -2.13. The molecule has 0 unspecified atom stereocenters. The summed E-state index contributed by atoms with van der Waals surface area (Å²) >= 11 is 8.25. The first-order chi connectivity index (χ1) is 10.1. The molecule has 0 aliphatic heterocycles. The molecule has 3 nitrogen and oxygen atoms in total. The van der Waals surface area contributed by atoms with E-state index in [9.17, 15) is 4.79 Å². The first-order valence-corrected chi connectivity index (χ1v) is 7.71. The van der Waals surface area contributed by atoms with Gasteiger partial charge in [0.2, 0.25) is 0 Å². The summed E-state index contributed by atoms with van der Waals surface area (Å²) in [6, 6.07) is 14.8. The molecule has 0 radical (unpaired) electrons. The summed E-state index contributed by atoms with van der Waals surface area (Å²) in [5, 5.41) is 4.29. The third-order valence-electron chi connectivity index (χ3n) is 3.05. The number of fused-ring (bicyclic) bond motifs is 1. The van der Waals surface area contributed by atoms with Gasteiger partial charge in [-0.3, -0.25) is 9.78 Å². The molecule has 0 spiro atoms. The predicted octanol–water partition coefficient (Wildman–Crippen LogP) is 4.75. The molecule has 3 aromatic rings. The van der Waals surface area contributed by atoms with Crippen LogP contribution in [0.5, 0.6) is 0 Å². The Balaban J connectivity index is 1.99. The minimum atomic E-state index is -0.239. The summed E-state index contributed by atoms with van der Waals surface area (Å²) in [6.07, 6.45) is 1.70. The number of nitrogens with zero attached hydrogens (tertiary/aromatic N) is 1. The third-order valence-corrected chi connectivity index (χ3v) is 4.05. The van der Waals surface area contributed by atoms with Gasteiger partial charge in [0.25, 0.3) is 5.91 Å². The summed E-state index contributed by atoms with van der Waals surface area (Å²) in [5.41, 5.74) is 1.89. The fourth-order valence-corrected chi connectivity index (χ4v) is 2.76. The molecule has 21 heavy (non-hydrogen) atoms. The second-order valence-electron chi connectivity index (χ2n) is 4.46. The standard InChI is InChI=1S/C16H10ClIN2O/c17-13-7-6-11(18)9-12(13)16(21)20-14-5-1-3-10-4-2-8-19-15(10)14/h1-9H,(H,20,21). The second-order valence-corrected chi connectivity index (χ2v) is 6.11. The lowest BCUT2D eigenvalue weighted by molar-refractivity contribution is 0.102. The van der Waals surface area contributed by atoms with Gasteiger partial charge in [0, 0.05) is 15.2 Å². The Kier molecular flexibility index (Phi) is 4.07. The molecule has 104 valence electrons. The van der Waals surface area contributed by atoms with Crippen molar-refractivity contribution in [1.82, 2.24) is 4.98 Å². The molecule has 5 heteroatoms. The predicted molar refractivity (Wildman–Crippen MR) is 93.9 cm³/mol.